The number of ketones is 1. The topological polar surface area (TPSA) is 90.6 Å². The third-order valence-corrected chi connectivity index (χ3v) is 4.19. The van der Waals surface area contributed by atoms with Crippen LogP contribution in [0.15, 0.2) is 54.9 Å². The van der Waals surface area contributed by atoms with Gasteiger partial charge in [0.05, 0.1) is 31.0 Å². The molecule has 3 aromatic rings. The predicted octanol–water partition coefficient (Wildman–Crippen LogP) is 3.55. The summed E-state index contributed by atoms with van der Waals surface area (Å²) >= 11 is 0. The molecule has 0 amide bonds. The number of methoxy groups -OCH3 is 1. The number of hydrogen-bond acceptors (Lipinski definition) is 6. The van der Waals surface area contributed by atoms with Crippen molar-refractivity contribution in [3.8, 4) is 17.2 Å². The molecule has 0 fully saturated rings. The minimum Gasteiger partial charge on any atom is -0.507 e. The molecule has 0 aliphatic rings. The van der Waals surface area contributed by atoms with Crippen LogP contribution in [0.3, 0.4) is 0 Å². The number of benzene rings is 2. The highest BCUT2D eigenvalue weighted by molar-refractivity contribution is 6.11. The minimum absolute atomic E-state index is 0.0722. The molecule has 0 bridgehead atoms. The van der Waals surface area contributed by atoms with Gasteiger partial charge in [0, 0.05) is 11.8 Å². The first kappa shape index (κ1) is 20.1. The third kappa shape index (κ3) is 4.63. The van der Waals surface area contributed by atoms with Gasteiger partial charge in [-0.05, 0) is 48.4 Å². The fraction of sp³-hybridized carbons (Fsp3) is 0.227. The Hall–Kier alpha value is -3.61. The fourth-order valence-electron chi connectivity index (χ4n) is 2.62. The summed E-state index contributed by atoms with van der Waals surface area (Å²) in [6.07, 6.45) is 2.63. The number of ether oxygens (including phenoxy) is 2. The standard InChI is InChI=1S/C22H22N2O5/c1-14(2)13-29-17-6-4-15(5-7-17)22(27)24-12-16(11-23-24)21(26)19-10-18(28-3)8-9-20(19)25/h4-12,14,25H,13H2,1-3H3. The molecule has 1 aromatic heterocycles. The van der Waals surface area contributed by atoms with Crippen LogP contribution in [-0.4, -0.2) is 40.3 Å². The summed E-state index contributed by atoms with van der Waals surface area (Å²) in [5.74, 6) is 0.508. The van der Waals surface area contributed by atoms with Gasteiger partial charge in [-0.1, -0.05) is 13.8 Å². The largest absolute Gasteiger partial charge is 0.507 e. The maximum absolute atomic E-state index is 12.7. The van der Waals surface area contributed by atoms with Gasteiger partial charge in [-0.25, -0.2) is 4.68 Å². The number of carbonyl (C=O) groups is 2. The van der Waals surface area contributed by atoms with Crippen LogP contribution in [0.5, 0.6) is 17.2 Å². The Kier molecular flexibility index (Phi) is 5.97. The van der Waals surface area contributed by atoms with Crippen molar-refractivity contribution < 1.29 is 24.2 Å². The maximum Gasteiger partial charge on any atom is 0.278 e. The predicted molar refractivity (Wildman–Crippen MR) is 107 cm³/mol. The van der Waals surface area contributed by atoms with Crippen LogP contribution < -0.4 is 9.47 Å². The Balaban J connectivity index is 1.77. The molecule has 0 saturated heterocycles. The van der Waals surface area contributed by atoms with Gasteiger partial charge in [0.15, 0.2) is 5.78 Å². The average molecular weight is 394 g/mol. The number of carbonyl (C=O) groups excluding carboxylic acids is 2. The lowest BCUT2D eigenvalue weighted by Gasteiger charge is -2.09. The van der Waals surface area contributed by atoms with Gasteiger partial charge in [0.1, 0.15) is 17.2 Å². The van der Waals surface area contributed by atoms with E-state index in [-0.39, 0.29) is 22.8 Å². The summed E-state index contributed by atoms with van der Waals surface area (Å²) in [7, 11) is 1.47. The molecule has 7 nitrogen and oxygen atoms in total. The quantitative estimate of drug-likeness (QED) is 0.616. The summed E-state index contributed by atoms with van der Waals surface area (Å²) in [5.41, 5.74) is 0.662. The van der Waals surface area contributed by atoms with Crippen molar-refractivity contribution in [3.63, 3.8) is 0 Å². The highest BCUT2D eigenvalue weighted by Gasteiger charge is 2.19. The summed E-state index contributed by atoms with van der Waals surface area (Å²) in [4.78, 5) is 25.3. The number of nitrogens with zero attached hydrogens (tertiary/aromatic N) is 2. The van der Waals surface area contributed by atoms with Crippen LogP contribution in [0.1, 0.15) is 40.1 Å². The van der Waals surface area contributed by atoms with Crippen LogP contribution in [0.2, 0.25) is 0 Å². The molecule has 3 rings (SSSR count). The monoisotopic (exact) mass is 394 g/mol. The van der Waals surface area contributed by atoms with Gasteiger partial charge in [-0.15, -0.1) is 0 Å². The van der Waals surface area contributed by atoms with Crippen LogP contribution in [0, 0.1) is 5.92 Å². The number of rotatable bonds is 7. The fourth-order valence-corrected chi connectivity index (χ4v) is 2.62. The Morgan fingerprint density at radius 3 is 2.41 bits per heavy atom. The second-order valence-corrected chi connectivity index (χ2v) is 6.92. The van der Waals surface area contributed by atoms with Crippen LogP contribution in [0.4, 0.5) is 0 Å². The Labute approximate surface area is 168 Å². The van der Waals surface area contributed by atoms with Crippen molar-refractivity contribution in [2.45, 2.75) is 13.8 Å². The third-order valence-electron chi connectivity index (χ3n) is 4.19. The number of hydrogen-bond donors (Lipinski definition) is 1. The first-order valence-corrected chi connectivity index (χ1v) is 9.13. The lowest BCUT2D eigenvalue weighted by Crippen LogP contribution is -2.12. The Morgan fingerprint density at radius 1 is 1.07 bits per heavy atom. The summed E-state index contributed by atoms with van der Waals surface area (Å²) in [6.45, 7) is 4.70. The molecule has 1 heterocycles. The molecule has 0 radical (unpaired) electrons. The lowest BCUT2D eigenvalue weighted by molar-refractivity contribution is 0.0945. The molecule has 150 valence electrons. The van der Waals surface area contributed by atoms with Gasteiger partial charge in [-0.2, -0.15) is 5.10 Å². The van der Waals surface area contributed by atoms with Gasteiger partial charge in [-0.3, -0.25) is 9.59 Å². The highest BCUT2D eigenvalue weighted by atomic mass is 16.5. The first-order valence-electron chi connectivity index (χ1n) is 9.13. The Morgan fingerprint density at radius 2 is 1.76 bits per heavy atom. The molecule has 1 N–H and O–H groups in total. The second kappa shape index (κ2) is 8.60. The first-order chi connectivity index (χ1) is 13.9. The SMILES string of the molecule is COc1ccc(O)c(C(=O)c2cnn(C(=O)c3ccc(OCC(C)C)cc3)c2)c1. The Bertz CT molecular complexity index is 1020. The van der Waals surface area contributed by atoms with Crippen LogP contribution in [-0.2, 0) is 0 Å². The molecule has 29 heavy (non-hydrogen) atoms. The summed E-state index contributed by atoms with van der Waals surface area (Å²) in [6, 6.07) is 11.1. The smallest absolute Gasteiger partial charge is 0.278 e. The molecule has 0 aliphatic carbocycles. The van der Waals surface area contributed by atoms with Crippen LogP contribution >= 0.6 is 0 Å². The van der Waals surface area contributed by atoms with Gasteiger partial charge in [0.25, 0.3) is 5.91 Å². The molecular weight excluding hydrogens is 372 g/mol. The van der Waals surface area contributed by atoms with Gasteiger partial charge in [0.2, 0.25) is 0 Å². The van der Waals surface area contributed by atoms with E-state index >= 15 is 0 Å². The van der Waals surface area contributed by atoms with Crippen molar-refractivity contribution in [2.75, 3.05) is 13.7 Å². The van der Waals surface area contributed by atoms with Crippen molar-refractivity contribution in [2.24, 2.45) is 5.92 Å². The molecule has 0 spiro atoms. The van der Waals surface area contributed by atoms with Crippen molar-refractivity contribution in [3.05, 3.63) is 71.5 Å². The van der Waals surface area contributed by atoms with Crippen molar-refractivity contribution in [1.29, 1.82) is 0 Å². The summed E-state index contributed by atoms with van der Waals surface area (Å²) < 4.78 is 11.8. The number of phenolic OH excluding ortho intramolecular Hbond substituents is 1. The highest BCUT2D eigenvalue weighted by Crippen LogP contribution is 2.25. The van der Waals surface area contributed by atoms with Crippen molar-refractivity contribution in [1.82, 2.24) is 9.78 Å². The zero-order valence-corrected chi connectivity index (χ0v) is 16.5. The van der Waals surface area contributed by atoms with E-state index in [1.165, 1.54) is 31.6 Å². The normalized spacial score (nSPS) is 10.8. The summed E-state index contributed by atoms with van der Waals surface area (Å²) in [5, 5.41) is 14.0. The molecule has 0 aliphatic heterocycles. The average Bonchev–Trinajstić information content (AvgIpc) is 3.22. The molecule has 2 aromatic carbocycles. The second-order valence-electron chi connectivity index (χ2n) is 6.92. The number of aromatic nitrogens is 2. The van der Waals surface area contributed by atoms with Crippen LogP contribution in [0.25, 0.3) is 0 Å². The maximum atomic E-state index is 12.7. The zero-order valence-electron chi connectivity index (χ0n) is 16.5. The van der Waals surface area contributed by atoms with E-state index in [0.717, 1.165) is 4.68 Å². The van der Waals surface area contributed by atoms with E-state index < -0.39 is 5.78 Å². The molecule has 0 atom stereocenters. The lowest BCUT2D eigenvalue weighted by atomic mass is 10.1. The van der Waals surface area contributed by atoms with Gasteiger partial charge >= 0.3 is 0 Å². The van der Waals surface area contributed by atoms with E-state index in [9.17, 15) is 14.7 Å². The van der Waals surface area contributed by atoms with Crippen molar-refractivity contribution >= 4 is 11.7 Å². The molecule has 7 heteroatoms. The van der Waals surface area contributed by atoms with E-state index in [0.29, 0.717) is 29.6 Å². The zero-order chi connectivity index (χ0) is 21.0. The van der Waals surface area contributed by atoms with E-state index in [4.69, 9.17) is 9.47 Å². The molecular formula is C22H22N2O5. The van der Waals surface area contributed by atoms with E-state index in [1.54, 1.807) is 30.3 Å². The van der Waals surface area contributed by atoms with Gasteiger partial charge < -0.3 is 14.6 Å². The van der Waals surface area contributed by atoms with E-state index in [2.05, 4.69) is 18.9 Å². The number of aromatic hydroxyl groups is 1. The van der Waals surface area contributed by atoms with E-state index in [1.807, 2.05) is 0 Å². The molecule has 0 unspecified atom stereocenters. The number of phenols is 1. The molecule has 0 saturated carbocycles. The minimum atomic E-state index is -0.460.